The first kappa shape index (κ1) is 14.6. The molecule has 0 fully saturated rings. The molecule has 0 aliphatic rings. The Morgan fingerprint density at radius 1 is 1.05 bits per heavy atom. The number of aryl methyl sites for hydroxylation is 1. The van der Waals surface area contributed by atoms with Crippen molar-refractivity contribution >= 4 is 43.2 Å². The Kier molecular flexibility index (Phi) is 5.06. The fourth-order valence-corrected chi connectivity index (χ4v) is 2.94. The van der Waals surface area contributed by atoms with Crippen LogP contribution in [0.2, 0.25) is 0 Å². The lowest BCUT2D eigenvalue weighted by molar-refractivity contribution is 1.01. The maximum Gasteiger partial charge on any atom is 0.0463 e. The highest BCUT2D eigenvalue weighted by molar-refractivity contribution is 9.10. The molecule has 0 atom stereocenters. The number of anilines is 2. The van der Waals surface area contributed by atoms with Gasteiger partial charge in [0.2, 0.25) is 0 Å². The first-order chi connectivity index (χ1) is 9.15. The fourth-order valence-electron chi connectivity index (χ4n) is 2.12. The lowest BCUT2D eigenvalue weighted by Gasteiger charge is -2.26. The summed E-state index contributed by atoms with van der Waals surface area (Å²) >= 11 is 7.14. The lowest BCUT2D eigenvalue weighted by atomic mass is 10.1. The van der Waals surface area contributed by atoms with Crippen molar-refractivity contribution in [2.45, 2.75) is 19.2 Å². The molecule has 0 spiro atoms. The predicted octanol–water partition coefficient (Wildman–Crippen LogP) is 5.81. The molecule has 0 aromatic heterocycles. The first-order valence-corrected chi connectivity index (χ1v) is 8.25. The number of alkyl halides is 1. The number of hydrogen-bond acceptors (Lipinski definition) is 1. The van der Waals surface area contributed by atoms with E-state index < -0.39 is 0 Å². The molecule has 19 heavy (non-hydrogen) atoms. The Labute approximate surface area is 131 Å². The first-order valence-electron chi connectivity index (χ1n) is 6.34. The van der Waals surface area contributed by atoms with Gasteiger partial charge in [-0.25, -0.2) is 0 Å². The van der Waals surface area contributed by atoms with Crippen LogP contribution >= 0.6 is 31.9 Å². The molecule has 0 N–H and O–H groups in total. The van der Waals surface area contributed by atoms with E-state index in [9.17, 15) is 0 Å². The van der Waals surface area contributed by atoms with Crippen molar-refractivity contribution in [1.29, 1.82) is 0 Å². The molecule has 0 bridgehead atoms. The second-order valence-electron chi connectivity index (χ2n) is 4.49. The summed E-state index contributed by atoms with van der Waals surface area (Å²) in [5.41, 5.74) is 5.06. The molecule has 1 nitrogen and oxygen atoms in total. The Bertz CT molecular complexity index is 549. The Hall–Kier alpha value is -0.800. The van der Waals surface area contributed by atoms with Crippen LogP contribution in [0.4, 0.5) is 11.4 Å². The topological polar surface area (TPSA) is 3.24 Å². The molecular formula is C16H17Br2N. The highest BCUT2D eigenvalue weighted by atomic mass is 79.9. The Balaban J connectivity index is 2.47. The average Bonchev–Trinajstić information content (AvgIpc) is 2.42. The van der Waals surface area contributed by atoms with E-state index in [4.69, 9.17) is 0 Å². The second-order valence-corrected chi connectivity index (χ2v) is 5.96. The van der Waals surface area contributed by atoms with E-state index in [1.807, 2.05) is 0 Å². The number of hydrogen-bond donors (Lipinski definition) is 0. The van der Waals surface area contributed by atoms with Crippen LogP contribution in [0.3, 0.4) is 0 Å². The SMILES string of the molecule is CCN(c1ccc(C)cc1)c1cc(Br)ccc1CBr. The second kappa shape index (κ2) is 6.58. The highest BCUT2D eigenvalue weighted by Gasteiger charge is 2.11. The minimum atomic E-state index is 0.859. The van der Waals surface area contributed by atoms with E-state index in [1.165, 1.54) is 22.5 Å². The summed E-state index contributed by atoms with van der Waals surface area (Å²) in [4.78, 5) is 2.33. The van der Waals surface area contributed by atoms with Gasteiger partial charge in [-0.15, -0.1) is 0 Å². The van der Waals surface area contributed by atoms with Crippen molar-refractivity contribution in [2.24, 2.45) is 0 Å². The fraction of sp³-hybridized carbons (Fsp3) is 0.250. The van der Waals surface area contributed by atoms with Crippen molar-refractivity contribution in [3.05, 3.63) is 58.1 Å². The molecule has 0 aliphatic carbocycles. The highest BCUT2D eigenvalue weighted by Crippen LogP contribution is 2.32. The molecule has 100 valence electrons. The van der Waals surface area contributed by atoms with Crippen LogP contribution < -0.4 is 4.90 Å². The zero-order chi connectivity index (χ0) is 13.8. The molecule has 0 heterocycles. The van der Waals surface area contributed by atoms with Gasteiger partial charge in [0.1, 0.15) is 0 Å². The largest absolute Gasteiger partial charge is 0.341 e. The molecule has 2 aromatic carbocycles. The summed E-state index contributed by atoms with van der Waals surface area (Å²) in [6.45, 7) is 5.24. The molecule has 0 aliphatic heterocycles. The van der Waals surface area contributed by atoms with Crippen LogP contribution in [0, 0.1) is 6.92 Å². The number of rotatable bonds is 4. The maximum atomic E-state index is 3.57. The number of halogens is 2. The van der Waals surface area contributed by atoms with Crippen molar-refractivity contribution in [2.75, 3.05) is 11.4 Å². The molecular weight excluding hydrogens is 366 g/mol. The third kappa shape index (κ3) is 3.40. The summed E-state index contributed by atoms with van der Waals surface area (Å²) in [5.74, 6) is 0. The quantitative estimate of drug-likeness (QED) is 0.603. The van der Waals surface area contributed by atoms with Gasteiger partial charge in [-0.1, -0.05) is 55.6 Å². The van der Waals surface area contributed by atoms with Gasteiger partial charge in [0, 0.05) is 27.7 Å². The zero-order valence-electron chi connectivity index (χ0n) is 11.2. The number of nitrogens with zero attached hydrogens (tertiary/aromatic N) is 1. The van der Waals surface area contributed by atoms with Crippen LogP contribution in [0.25, 0.3) is 0 Å². The van der Waals surface area contributed by atoms with Gasteiger partial charge in [0.25, 0.3) is 0 Å². The van der Waals surface area contributed by atoms with Crippen molar-refractivity contribution in [3.63, 3.8) is 0 Å². The summed E-state index contributed by atoms with van der Waals surface area (Å²) in [7, 11) is 0. The van der Waals surface area contributed by atoms with Crippen molar-refractivity contribution < 1.29 is 0 Å². The van der Waals surface area contributed by atoms with E-state index in [0.717, 1.165) is 16.3 Å². The molecule has 2 rings (SSSR count). The molecule has 0 amide bonds. The van der Waals surface area contributed by atoms with E-state index in [0.29, 0.717) is 0 Å². The van der Waals surface area contributed by atoms with E-state index in [2.05, 4.69) is 93.1 Å². The number of benzene rings is 2. The predicted molar refractivity (Wildman–Crippen MR) is 90.6 cm³/mol. The zero-order valence-corrected chi connectivity index (χ0v) is 14.3. The molecule has 0 radical (unpaired) electrons. The summed E-state index contributed by atoms with van der Waals surface area (Å²) in [6, 6.07) is 15.1. The maximum absolute atomic E-state index is 3.57. The lowest BCUT2D eigenvalue weighted by Crippen LogP contribution is -2.17. The van der Waals surface area contributed by atoms with Gasteiger partial charge >= 0.3 is 0 Å². The van der Waals surface area contributed by atoms with Gasteiger partial charge in [-0.3, -0.25) is 0 Å². The Morgan fingerprint density at radius 3 is 2.32 bits per heavy atom. The van der Waals surface area contributed by atoms with Gasteiger partial charge in [0.15, 0.2) is 0 Å². The molecule has 3 heteroatoms. The molecule has 2 aromatic rings. The Morgan fingerprint density at radius 2 is 1.74 bits per heavy atom. The minimum Gasteiger partial charge on any atom is -0.341 e. The summed E-state index contributed by atoms with van der Waals surface area (Å²) in [5, 5.41) is 0.859. The normalized spacial score (nSPS) is 10.5. The van der Waals surface area contributed by atoms with Gasteiger partial charge in [0.05, 0.1) is 0 Å². The van der Waals surface area contributed by atoms with Crippen LogP contribution in [-0.4, -0.2) is 6.54 Å². The average molecular weight is 383 g/mol. The monoisotopic (exact) mass is 381 g/mol. The summed E-state index contributed by atoms with van der Waals surface area (Å²) in [6.07, 6.45) is 0. The van der Waals surface area contributed by atoms with Crippen molar-refractivity contribution in [3.8, 4) is 0 Å². The van der Waals surface area contributed by atoms with Crippen LogP contribution in [0.1, 0.15) is 18.1 Å². The van der Waals surface area contributed by atoms with E-state index >= 15 is 0 Å². The smallest absolute Gasteiger partial charge is 0.0463 e. The van der Waals surface area contributed by atoms with Crippen LogP contribution in [0.5, 0.6) is 0 Å². The summed E-state index contributed by atoms with van der Waals surface area (Å²) < 4.78 is 1.11. The third-order valence-corrected chi connectivity index (χ3v) is 4.24. The van der Waals surface area contributed by atoms with E-state index in [-0.39, 0.29) is 0 Å². The van der Waals surface area contributed by atoms with Crippen molar-refractivity contribution in [1.82, 2.24) is 0 Å². The third-order valence-electron chi connectivity index (χ3n) is 3.14. The molecule has 0 saturated heterocycles. The van der Waals surface area contributed by atoms with Crippen LogP contribution in [-0.2, 0) is 5.33 Å². The minimum absolute atomic E-state index is 0.859. The molecule has 0 saturated carbocycles. The van der Waals surface area contributed by atoms with Gasteiger partial charge < -0.3 is 4.90 Å². The van der Waals surface area contributed by atoms with Gasteiger partial charge in [-0.2, -0.15) is 0 Å². The standard InChI is InChI=1S/C16H17Br2N/c1-3-19(15-8-4-12(2)5-9-15)16-10-14(18)7-6-13(16)11-17/h4-10H,3,11H2,1-2H3. The van der Waals surface area contributed by atoms with Crippen LogP contribution in [0.15, 0.2) is 46.9 Å². The molecule has 0 unspecified atom stereocenters. The van der Waals surface area contributed by atoms with Gasteiger partial charge in [-0.05, 0) is 43.7 Å². The van der Waals surface area contributed by atoms with E-state index in [1.54, 1.807) is 0 Å².